The molecule has 0 bridgehead atoms. The van der Waals surface area contributed by atoms with E-state index in [2.05, 4.69) is 103 Å². The summed E-state index contributed by atoms with van der Waals surface area (Å²) in [5.41, 5.74) is 8.61. The Hall–Kier alpha value is -3.06. The van der Waals surface area contributed by atoms with Crippen molar-refractivity contribution < 1.29 is 0 Å². The van der Waals surface area contributed by atoms with Crippen LogP contribution in [0.4, 0.5) is 0 Å². The monoisotopic (exact) mass is 309 g/mol. The van der Waals surface area contributed by atoms with Crippen LogP contribution < -0.4 is 0 Å². The molecule has 1 nitrogen and oxygen atoms in total. The van der Waals surface area contributed by atoms with Gasteiger partial charge in [-0.3, -0.25) is 0 Å². The first-order valence-electron chi connectivity index (χ1n) is 8.23. The number of hydrogen-bond donors (Lipinski definition) is 1. The molecule has 0 amide bonds. The van der Waals surface area contributed by atoms with E-state index < -0.39 is 0 Å². The third-order valence-electron chi connectivity index (χ3n) is 4.37. The third-order valence-corrected chi connectivity index (χ3v) is 4.37. The fraction of sp³-hybridized carbons (Fsp3) is 0.0435. The van der Waals surface area contributed by atoms with Gasteiger partial charge in [0.05, 0.1) is 5.69 Å². The second-order valence-corrected chi connectivity index (χ2v) is 5.97. The number of aromatic nitrogens is 1. The average Bonchev–Trinajstić information content (AvgIpc) is 3.01. The van der Waals surface area contributed by atoms with Crippen LogP contribution in [0, 0.1) is 6.92 Å². The SMILES string of the molecule is Cc1[nH]c(-c2ccccc2)c(-c2ccccc2)c1-c1ccccc1. The van der Waals surface area contributed by atoms with Gasteiger partial charge in [-0.25, -0.2) is 0 Å². The van der Waals surface area contributed by atoms with Gasteiger partial charge in [0.25, 0.3) is 0 Å². The van der Waals surface area contributed by atoms with Gasteiger partial charge in [-0.05, 0) is 23.6 Å². The van der Waals surface area contributed by atoms with Gasteiger partial charge >= 0.3 is 0 Å². The lowest BCUT2D eigenvalue weighted by Gasteiger charge is -2.09. The van der Waals surface area contributed by atoms with E-state index in [1.807, 2.05) is 0 Å². The van der Waals surface area contributed by atoms with Crippen molar-refractivity contribution in [3.8, 4) is 33.5 Å². The van der Waals surface area contributed by atoms with Crippen molar-refractivity contribution in [2.24, 2.45) is 0 Å². The number of rotatable bonds is 3. The highest BCUT2D eigenvalue weighted by Gasteiger charge is 2.18. The van der Waals surface area contributed by atoms with Crippen LogP contribution in [0.5, 0.6) is 0 Å². The van der Waals surface area contributed by atoms with Crippen molar-refractivity contribution in [1.82, 2.24) is 4.98 Å². The summed E-state index contributed by atoms with van der Waals surface area (Å²) in [7, 11) is 0. The summed E-state index contributed by atoms with van der Waals surface area (Å²) in [6.07, 6.45) is 0. The van der Waals surface area contributed by atoms with Gasteiger partial charge in [-0.1, -0.05) is 91.0 Å². The van der Waals surface area contributed by atoms with Crippen molar-refractivity contribution in [3.63, 3.8) is 0 Å². The first-order chi connectivity index (χ1) is 11.8. The van der Waals surface area contributed by atoms with Crippen molar-refractivity contribution >= 4 is 0 Å². The Labute approximate surface area is 142 Å². The van der Waals surface area contributed by atoms with Crippen LogP contribution >= 0.6 is 0 Å². The highest BCUT2D eigenvalue weighted by Crippen LogP contribution is 2.41. The lowest BCUT2D eigenvalue weighted by Crippen LogP contribution is -1.85. The summed E-state index contributed by atoms with van der Waals surface area (Å²) < 4.78 is 0. The highest BCUT2D eigenvalue weighted by molar-refractivity contribution is 5.95. The number of benzene rings is 3. The zero-order valence-electron chi connectivity index (χ0n) is 13.7. The van der Waals surface area contributed by atoms with E-state index in [1.165, 1.54) is 39.2 Å². The van der Waals surface area contributed by atoms with Crippen LogP contribution in [0.25, 0.3) is 33.5 Å². The molecule has 0 radical (unpaired) electrons. The summed E-state index contributed by atoms with van der Waals surface area (Å²) in [4.78, 5) is 3.63. The van der Waals surface area contributed by atoms with Crippen molar-refractivity contribution in [2.75, 3.05) is 0 Å². The molecule has 0 unspecified atom stereocenters. The van der Waals surface area contributed by atoms with Gasteiger partial charge in [0.1, 0.15) is 0 Å². The molecule has 0 spiro atoms. The zero-order valence-corrected chi connectivity index (χ0v) is 13.7. The Morgan fingerprint density at radius 3 is 1.42 bits per heavy atom. The van der Waals surface area contributed by atoms with Gasteiger partial charge < -0.3 is 4.98 Å². The number of nitrogens with one attached hydrogen (secondary N) is 1. The number of H-pyrrole nitrogens is 1. The molecule has 0 saturated heterocycles. The average molecular weight is 309 g/mol. The molecule has 0 fully saturated rings. The van der Waals surface area contributed by atoms with Crippen LogP contribution in [0.1, 0.15) is 5.69 Å². The summed E-state index contributed by atoms with van der Waals surface area (Å²) in [6, 6.07) is 31.8. The summed E-state index contributed by atoms with van der Waals surface area (Å²) in [5, 5.41) is 0. The van der Waals surface area contributed by atoms with Crippen molar-refractivity contribution in [1.29, 1.82) is 0 Å². The topological polar surface area (TPSA) is 15.8 Å². The minimum atomic E-state index is 1.18. The molecule has 0 aliphatic heterocycles. The van der Waals surface area contributed by atoms with E-state index in [4.69, 9.17) is 0 Å². The minimum Gasteiger partial charge on any atom is -0.358 e. The Kier molecular flexibility index (Phi) is 3.76. The molecule has 1 N–H and O–H groups in total. The number of aryl methyl sites for hydroxylation is 1. The molecule has 4 aromatic rings. The molecule has 1 heterocycles. The Morgan fingerprint density at radius 2 is 0.917 bits per heavy atom. The quantitative estimate of drug-likeness (QED) is 0.455. The maximum atomic E-state index is 3.63. The lowest BCUT2D eigenvalue weighted by atomic mass is 9.93. The predicted octanol–water partition coefficient (Wildman–Crippen LogP) is 6.32. The summed E-state index contributed by atoms with van der Waals surface area (Å²) in [5.74, 6) is 0. The van der Waals surface area contributed by atoms with Crippen LogP contribution in [0.15, 0.2) is 91.0 Å². The first kappa shape index (κ1) is 14.5. The van der Waals surface area contributed by atoms with Gasteiger partial charge in [0.2, 0.25) is 0 Å². The lowest BCUT2D eigenvalue weighted by molar-refractivity contribution is 1.27. The standard InChI is InChI=1S/C23H19N/c1-17-21(18-11-5-2-6-12-18)22(19-13-7-3-8-14-19)23(24-17)20-15-9-4-10-16-20/h2-16,24H,1H3. The smallest absolute Gasteiger partial charge is 0.0542 e. The van der Waals surface area contributed by atoms with Crippen molar-refractivity contribution in [2.45, 2.75) is 6.92 Å². The summed E-state index contributed by atoms with van der Waals surface area (Å²) >= 11 is 0. The maximum Gasteiger partial charge on any atom is 0.0542 e. The molecule has 1 heteroatoms. The molecular weight excluding hydrogens is 290 g/mol. The molecule has 0 atom stereocenters. The second-order valence-electron chi connectivity index (χ2n) is 5.97. The zero-order chi connectivity index (χ0) is 16.4. The first-order valence-corrected chi connectivity index (χ1v) is 8.23. The molecule has 24 heavy (non-hydrogen) atoms. The van der Waals surface area contributed by atoms with Crippen molar-refractivity contribution in [3.05, 3.63) is 96.7 Å². The predicted molar refractivity (Wildman–Crippen MR) is 102 cm³/mol. The fourth-order valence-corrected chi connectivity index (χ4v) is 3.31. The molecule has 4 rings (SSSR count). The summed E-state index contributed by atoms with van der Waals surface area (Å²) in [6.45, 7) is 2.15. The van der Waals surface area contributed by atoms with E-state index in [0.717, 1.165) is 0 Å². The number of aromatic amines is 1. The van der Waals surface area contributed by atoms with E-state index >= 15 is 0 Å². The van der Waals surface area contributed by atoms with E-state index in [1.54, 1.807) is 0 Å². The van der Waals surface area contributed by atoms with Crippen LogP contribution in [-0.2, 0) is 0 Å². The largest absolute Gasteiger partial charge is 0.358 e. The Balaban J connectivity index is 2.03. The minimum absolute atomic E-state index is 1.18. The second kappa shape index (κ2) is 6.21. The van der Waals surface area contributed by atoms with Crippen LogP contribution in [0.2, 0.25) is 0 Å². The van der Waals surface area contributed by atoms with E-state index in [0.29, 0.717) is 0 Å². The van der Waals surface area contributed by atoms with Crippen LogP contribution in [-0.4, -0.2) is 4.98 Å². The molecular formula is C23H19N. The van der Waals surface area contributed by atoms with Gasteiger partial charge in [0, 0.05) is 16.8 Å². The normalized spacial score (nSPS) is 10.7. The van der Waals surface area contributed by atoms with Gasteiger partial charge in [-0.2, -0.15) is 0 Å². The molecule has 1 aromatic heterocycles. The Bertz CT molecular complexity index is 936. The highest BCUT2D eigenvalue weighted by atomic mass is 14.7. The van der Waals surface area contributed by atoms with Gasteiger partial charge in [0.15, 0.2) is 0 Å². The maximum absolute atomic E-state index is 3.63. The fourth-order valence-electron chi connectivity index (χ4n) is 3.31. The molecule has 3 aromatic carbocycles. The number of hydrogen-bond acceptors (Lipinski definition) is 0. The molecule has 0 aliphatic rings. The Morgan fingerprint density at radius 1 is 0.500 bits per heavy atom. The molecule has 116 valence electrons. The van der Waals surface area contributed by atoms with E-state index in [-0.39, 0.29) is 0 Å². The molecule has 0 aliphatic carbocycles. The van der Waals surface area contributed by atoms with Crippen LogP contribution in [0.3, 0.4) is 0 Å². The molecule has 0 saturated carbocycles. The van der Waals surface area contributed by atoms with E-state index in [9.17, 15) is 0 Å². The van der Waals surface area contributed by atoms with Gasteiger partial charge in [-0.15, -0.1) is 0 Å². The third kappa shape index (κ3) is 2.55.